The molecule has 0 spiro atoms. The summed E-state index contributed by atoms with van der Waals surface area (Å²) in [5.74, 6) is 0.539. The van der Waals surface area contributed by atoms with Gasteiger partial charge >= 0.3 is 6.18 Å². The number of aromatic nitrogens is 2. The van der Waals surface area contributed by atoms with Crippen LogP contribution in [-0.2, 0) is 12.6 Å². The molecular weight excluding hydrogens is 305 g/mol. The summed E-state index contributed by atoms with van der Waals surface area (Å²) in [6.45, 7) is 0.636. The average Bonchev–Trinajstić information content (AvgIpc) is 2.85. The summed E-state index contributed by atoms with van der Waals surface area (Å²) in [6.07, 6.45) is -3.84. The Labute approximate surface area is 123 Å². The maximum absolute atomic E-state index is 12.9. The fourth-order valence-electron chi connectivity index (χ4n) is 2.30. The Kier molecular flexibility index (Phi) is 3.16. The molecule has 0 aliphatic carbocycles. The first kappa shape index (κ1) is 13.9. The van der Waals surface area contributed by atoms with E-state index < -0.39 is 11.7 Å². The zero-order valence-electron chi connectivity index (χ0n) is 10.6. The minimum absolute atomic E-state index is 0.00775. The van der Waals surface area contributed by atoms with Crippen molar-refractivity contribution in [3.63, 3.8) is 0 Å². The summed E-state index contributed by atoms with van der Waals surface area (Å²) >= 11 is 6.05. The van der Waals surface area contributed by atoms with Gasteiger partial charge in [0.25, 0.3) is 0 Å². The Bertz CT molecular complexity index is 715. The second-order valence-electron chi connectivity index (χ2n) is 4.63. The van der Waals surface area contributed by atoms with Crippen LogP contribution in [-0.4, -0.2) is 16.5 Å². The van der Waals surface area contributed by atoms with Gasteiger partial charge in [0, 0.05) is 17.7 Å². The zero-order chi connectivity index (χ0) is 15.2. The Balaban J connectivity index is 2.22. The normalized spacial score (nSPS) is 13.9. The van der Waals surface area contributed by atoms with E-state index >= 15 is 0 Å². The topological polar surface area (TPSA) is 63.8 Å². The van der Waals surface area contributed by atoms with E-state index in [1.807, 2.05) is 0 Å². The summed E-state index contributed by atoms with van der Waals surface area (Å²) in [7, 11) is 0. The standard InChI is InChI=1S/C13H10ClF3N4/c14-9-2-1-6(13(15,16)17)5-8(9)10-7-3-4-19-11(7)21-12(18)20-10/h1-2,5H,3-4H2,(H3,18,19,20,21). The summed E-state index contributed by atoms with van der Waals surface area (Å²) in [6, 6.07) is 3.14. The number of benzene rings is 1. The number of nitrogen functional groups attached to an aromatic ring is 1. The van der Waals surface area contributed by atoms with Crippen LogP contribution in [0.1, 0.15) is 11.1 Å². The SMILES string of the molecule is Nc1nc2c(c(-c3cc(C(F)(F)F)ccc3Cl)n1)CCN2. The number of fused-ring (bicyclic) bond motifs is 1. The molecule has 0 amide bonds. The molecule has 3 rings (SSSR count). The predicted molar refractivity (Wildman–Crippen MR) is 74.1 cm³/mol. The maximum atomic E-state index is 12.9. The van der Waals surface area contributed by atoms with Gasteiger partial charge in [-0.15, -0.1) is 0 Å². The molecule has 8 heteroatoms. The van der Waals surface area contributed by atoms with Crippen LogP contribution < -0.4 is 11.1 Å². The van der Waals surface area contributed by atoms with Crippen molar-refractivity contribution in [2.45, 2.75) is 12.6 Å². The van der Waals surface area contributed by atoms with Crippen molar-refractivity contribution in [2.24, 2.45) is 0 Å². The zero-order valence-corrected chi connectivity index (χ0v) is 11.4. The monoisotopic (exact) mass is 314 g/mol. The molecule has 0 unspecified atom stereocenters. The van der Waals surface area contributed by atoms with Crippen molar-refractivity contribution in [3.8, 4) is 11.3 Å². The predicted octanol–water partition coefficient (Wildman–Crippen LogP) is 3.37. The number of hydrogen-bond donors (Lipinski definition) is 2. The lowest BCUT2D eigenvalue weighted by Crippen LogP contribution is -2.06. The second-order valence-corrected chi connectivity index (χ2v) is 5.03. The lowest BCUT2D eigenvalue weighted by molar-refractivity contribution is -0.137. The third kappa shape index (κ3) is 2.49. The number of nitrogens with two attached hydrogens (primary N) is 1. The van der Waals surface area contributed by atoms with E-state index in [1.54, 1.807) is 0 Å². The van der Waals surface area contributed by atoms with Gasteiger partial charge in [0.05, 0.1) is 16.3 Å². The summed E-state index contributed by atoms with van der Waals surface area (Å²) < 4.78 is 38.6. The second kappa shape index (κ2) is 4.77. The van der Waals surface area contributed by atoms with Gasteiger partial charge in [0.15, 0.2) is 0 Å². The first-order valence-electron chi connectivity index (χ1n) is 6.13. The highest BCUT2D eigenvalue weighted by molar-refractivity contribution is 6.33. The molecule has 0 bridgehead atoms. The molecule has 0 saturated carbocycles. The number of halogens is 4. The molecule has 0 fully saturated rings. The number of hydrogen-bond acceptors (Lipinski definition) is 4. The van der Waals surface area contributed by atoms with Gasteiger partial charge in [0.1, 0.15) is 5.82 Å². The summed E-state index contributed by atoms with van der Waals surface area (Å²) in [4.78, 5) is 8.10. The van der Waals surface area contributed by atoms with E-state index in [0.29, 0.717) is 24.5 Å². The first-order valence-corrected chi connectivity index (χ1v) is 6.51. The molecule has 2 heterocycles. The molecule has 110 valence electrons. The number of alkyl halides is 3. The lowest BCUT2D eigenvalue weighted by Gasteiger charge is -2.12. The van der Waals surface area contributed by atoms with E-state index in [9.17, 15) is 13.2 Å². The quantitative estimate of drug-likeness (QED) is 0.847. The molecule has 0 radical (unpaired) electrons. The van der Waals surface area contributed by atoms with Crippen molar-refractivity contribution in [2.75, 3.05) is 17.6 Å². The van der Waals surface area contributed by atoms with Gasteiger partial charge in [-0.1, -0.05) is 11.6 Å². The molecule has 1 aliphatic rings. The molecule has 1 aromatic heterocycles. The Hall–Kier alpha value is -2.02. The highest BCUT2D eigenvalue weighted by Gasteiger charge is 2.32. The van der Waals surface area contributed by atoms with Gasteiger partial charge in [-0.2, -0.15) is 18.2 Å². The van der Waals surface area contributed by atoms with Crippen LogP contribution in [0.15, 0.2) is 18.2 Å². The molecule has 1 aliphatic heterocycles. The van der Waals surface area contributed by atoms with Crippen molar-refractivity contribution >= 4 is 23.4 Å². The van der Waals surface area contributed by atoms with Crippen LogP contribution >= 0.6 is 11.6 Å². The van der Waals surface area contributed by atoms with Crippen LogP contribution in [0.25, 0.3) is 11.3 Å². The van der Waals surface area contributed by atoms with Crippen molar-refractivity contribution in [1.82, 2.24) is 9.97 Å². The minimum Gasteiger partial charge on any atom is -0.369 e. The van der Waals surface area contributed by atoms with Gasteiger partial charge in [-0.05, 0) is 24.6 Å². The fraction of sp³-hybridized carbons (Fsp3) is 0.231. The minimum atomic E-state index is -4.45. The average molecular weight is 315 g/mol. The number of nitrogens with zero attached hydrogens (tertiary/aromatic N) is 2. The van der Waals surface area contributed by atoms with Crippen LogP contribution in [0.4, 0.5) is 24.9 Å². The van der Waals surface area contributed by atoms with E-state index in [1.165, 1.54) is 6.07 Å². The number of nitrogens with one attached hydrogen (secondary N) is 1. The Morgan fingerprint density at radius 1 is 1.24 bits per heavy atom. The molecule has 21 heavy (non-hydrogen) atoms. The van der Waals surface area contributed by atoms with Crippen LogP contribution in [0.5, 0.6) is 0 Å². The van der Waals surface area contributed by atoms with Crippen molar-refractivity contribution in [3.05, 3.63) is 34.3 Å². The molecule has 1 aromatic carbocycles. The van der Waals surface area contributed by atoms with Gasteiger partial charge < -0.3 is 11.1 Å². The summed E-state index contributed by atoms with van der Waals surface area (Å²) in [5.41, 5.74) is 6.12. The van der Waals surface area contributed by atoms with Crippen molar-refractivity contribution in [1.29, 1.82) is 0 Å². The van der Waals surface area contributed by atoms with Crippen LogP contribution in [0.2, 0.25) is 5.02 Å². The van der Waals surface area contributed by atoms with E-state index in [-0.39, 0.29) is 16.5 Å². The smallest absolute Gasteiger partial charge is 0.369 e. The summed E-state index contributed by atoms with van der Waals surface area (Å²) in [5, 5.41) is 3.21. The molecule has 3 N–H and O–H groups in total. The third-order valence-corrected chi connectivity index (χ3v) is 3.57. The fourth-order valence-corrected chi connectivity index (χ4v) is 2.50. The van der Waals surface area contributed by atoms with E-state index in [0.717, 1.165) is 17.7 Å². The lowest BCUT2D eigenvalue weighted by atomic mass is 10.0. The van der Waals surface area contributed by atoms with E-state index in [4.69, 9.17) is 17.3 Å². The third-order valence-electron chi connectivity index (χ3n) is 3.24. The molecular formula is C13H10ClF3N4. The van der Waals surface area contributed by atoms with E-state index in [2.05, 4.69) is 15.3 Å². The number of anilines is 2. The maximum Gasteiger partial charge on any atom is 0.416 e. The molecule has 4 nitrogen and oxygen atoms in total. The van der Waals surface area contributed by atoms with Crippen LogP contribution in [0.3, 0.4) is 0 Å². The van der Waals surface area contributed by atoms with Gasteiger partial charge in [-0.25, -0.2) is 4.98 Å². The molecule has 2 aromatic rings. The van der Waals surface area contributed by atoms with Crippen molar-refractivity contribution < 1.29 is 13.2 Å². The van der Waals surface area contributed by atoms with Gasteiger partial charge in [0.2, 0.25) is 5.95 Å². The Morgan fingerprint density at radius 3 is 2.71 bits per heavy atom. The number of rotatable bonds is 1. The highest BCUT2D eigenvalue weighted by Crippen LogP contribution is 2.38. The Morgan fingerprint density at radius 2 is 2.00 bits per heavy atom. The largest absolute Gasteiger partial charge is 0.416 e. The van der Waals surface area contributed by atoms with Gasteiger partial charge in [-0.3, -0.25) is 0 Å². The molecule has 0 saturated heterocycles. The van der Waals surface area contributed by atoms with Crippen LogP contribution in [0, 0.1) is 0 Å². The first-order chi connectivity index (χ1) is 9.86. The molecule has 0 atom stereocenters. The highest BCUT2D eigenvalue weighted by atomic mass is 35.5.